The summed E-state index contributed by atoms with van der Waals surface area (Å²) in [5.41, 5.74) is 2.74. The Morgan fingerprint density at radius 2 is 1.73 bits per heavy atom. The van der Waals surface area contributed by atoms with Crippen LogP contribution < -0.4 is 0 Å². The van der Waals surface area contributed by atoms with E-state index in [0.717, 1.165) is 0 Å². The Balaban J connectivity index is 3.00. The van der Waals surface area contributed by atoms with Crippen LogP contribution in [0.2, 0.25) is 0 Å². The molecule has 0 amide bonds. The van der Waals surface area contributed by atoms with Crippen molar-refractivity contribution in [1.82, 2.24) is 4.57 Å². The highest BCUT2D eigenvalue weighted by Crippen LogP contribution is 2.17. The molecule has 0 saturated heterocycles. The van der Waals surface area contributed by atoms with Gasteiger partial charge in [-0.2, -0.15) is 0 Å². The van der Waals surface area contributed by atoms with E-state index >= 15 is 0 Å². The first kappa shape index (κ1) is 8.38. The van der Waals surface area contributed by atoms with Crippen molar-refractivity contribution in [2.24, 2.45) is 0 Å². The lowest BCUT2D eigenvalue weighted by Crippen LogP contribution is -2.06. The molecule has 0 aliphatic carbocycles. The summed E-state index contributed by atoms with van der Waals surface area (Å²) < 4.78 is 2.39. The van der Waals surface area contributed by atoms with Gasteiger partial charge in [0.1, 0.15) is 0 Å². The van der Waals surface area contributed by atoms with Crippen molar-refractivity contribution in [2.45, 2.75) is 40.2 Å². The van der Waals surface area contributed by atoms with Crippen molar-refractivity contribution in [1.29, 1.82) is 0 Å². The van der Waals surface area contributed by atoms with Crippen molar-refractivity contribution >= 4 is 0 Å². The molecule has 0 N–H and O–H groups in total. The molecule has 0 spiro atoms. The summed E-state index contributed by atoms with van der Waals surface area (Å²) in [7, 11) is 0. The van der Waals surface area contributed by atoms with Crippen LogP contribution in [0.3, 0.4) is 0 Å². The van der Waals surface area contributed by atoms with Crippen molar-refractivity contribution in [3.8, 4) is 0 Å². The van der Waals surface area contributed by atoms with Gasteiger partial charge in [-0.25, -0.2) is 0 Å². The number of aromatic nitrogens is 1. The van der Waals surface area contributed by atoms with Gasteiger partial charge in [0.25, 0.3) is 0 Å². The van der Waals surface area contributed by atoms with E-state index in [2.05, 4.69) is 44.4 Å². The minimum absolute atomic E-state index is 0.644. The van der Waals surface area contributed by atoms with Crippen molar-refractivity contribution in [3.63, 3.8) is 0 Å². The lowest BCUT2D eigenvalue weighted by molar-refractivity contribution is 0.512. The molecule has 62 valence electrons. The zero-order valence-electron chi connectivity index (χ0n) is 7.89. The Morgan fingerprint density at radius 1 is 1.27 bits per heavy atom. The standard InChI is InChI=1S/C10H17N/c1-5-8(2)11-9(3)6-7-10(11)4/h6-8H,5H2,1-4H3/t8-/m0/s1. The molecule has 0 aliphatic rings. The lowest BCUT2D eigenvalue weighted by atomic mass is 10.2. The Morgan fingerprint density at radius 3 is 2.09 bits per heavy atom. The van der Waals surface area contributed by atoms with E-state index in [-0.39, 0.29) is 0 Å². The second kappa shape index (κ2) is 3.12. The number of rotatable bonds is 2. The monoisotopic (exact) mass is 151 g/mol. The Bertz CT molecular complexity index is 216. The topological polar surface area (TPSA) is 4.93 Å². The summed E-state index contributed by atoms with van der Waals surface area (Å²) in [5, 5.41) is 0. The van der Waals surface area contributed by atoms with Gasteiger partial charge in [-0.05, 0) is 39.3 Å². The van der Waals surface area contributed by atoms with Gasteiger partial charge in [0, 0.05) is 17.4 Å². The molecule has 0 unspecified atom stereocenters. The van der Waals surface area contributed by atoms with E-state index in [1.165, 1.54) is 17.8 Å². The van der Waals surface area contributed by atoms with Gasteiger partial charge in [0.05, 0.1) is 0 Å². The zero-order chi connectivity index (χ0) is 8.43. The lowest BCUT2D eigenvalue weighted by Gasteiger charge is -2.15. The average Bonchev–Trinajstić information content (AvgIpc) is 2.30. The van der Waals surface area contributed by atoms with Crippen LogP contribution in [-0.2, 0) is 0 Å². The van der Waals surface area contributed by atoms with Gasteiger partial charge in [-0.1, -0.05) is 6.92 Å². The normalized spacial score (nSPS) is 13.5. The highest BCUT2D eigenvalue weighted by molar-refractivity contribution is 5.14. The predicted molar refractivity (Wildman–Crippen MR) is 48.9 cm³/mol. The number of aryl methyl sites for hydroxylation is 2. The molecule has 1 atom stereocenters. The second-order valence-corrected chi connectivity index (χ2v) is 3.24. The van der Waals surface area contributed by atoms with Crippen LogP contribution in [0.1, 0.15) is 37.7 Å². The molecule has 1 aromatic heterocycles. The molecule has 11 heavy (non-hydrogen) atoms. The first-order valence-corrected chi connectivity index (χ1v) is 4.31. The van der Waals surface area contributed by atoms with E-state index in [4.69, 9.17) is 0 Å². The Labute approximate surface area is 69.0 Å². The quantitative estimate of drug-likeness (QED) is 0.612. The molecule has 1 nitrogen and oxygen atoms in total. The summed E-state index contributed by atoms with van der Waals surface area (Å²) in [4.78, 5) is 0. The van der Waals surface area contributed by atoms with Gasteiger partial charge in [-0.15, -0.1) is 0 Å². The minimum Gasteiger partial charge on any atom is -0.346 e. The first-order chi connectivity index (χ1) is 5.16. The fourth-order valence-electron chi connectivity index (χ4n) is 1.56. The molecule has 1 aromatic rings. The molecule has 0 radical (unpaired) electrons. The van der Waals surface area contributed by atoms with E-state index in [1.807, 2.05) is 0 Å². The number of hydrogen-bond donors (Lipinski definition) is 0. The third-order valence-corrected chi connectivity index (χ3v) is 2.36. The smallest absolute Gasteiger partial charge is 0.0304 e. The minimum atomic E-state index is 0.644. The van der Waals surface area contributed by atoms with Gasteiger partial charge in [0.2, 0.25) is 0 Å². The summed E-state index contributed by atoms with van der Waals surface area (Å²) in [5.74, 6) is 0. The Kier molecular flexibility index (Phi) is 2.38. The van der Waals surface area contributed by atoms with Gasteiger partial charge in [-0.3, -0.25) is 0 Å². The van der Waals surface area contributed by atoms with Crippen LogP contribution >= 0.6 is 0 Å². The maximum atomic E-state index is 2.39. The van der Waals surface area contributed by atoms with Crippen LogP contribution in [0, 0.1) is 13.8 Å². The third-order valence-electron chi connectivity index (χ3n) is 2.36. The largest absolute Gasteiger partial charge is 0.346 e. The molecule has 1 rings (SSSR count). The predicted octanol–water partition coefficient (Wildman–Crippen LogP) is 3.08. The van der Waals surface area contributed by atoms with Crippen molar-refractivity contribution in [2.75, 3.05) is 0 Å². The second-order valence-electron chi connectivity index (χ2n) is 3.24. The molecule has 1 heteroatoms. The average molecular weight is 151 g/mol. The number of hydrogen-bond acceptors (Lipinski definition) is 0. The van der Waals surface area contributed by atoms with E-state index in [0.29, 0.717) is 6.04 Å². The summed E-state index contributed by atoms with van der Waals surface area (Å²) >= 11 is 0. The molecular formula is C10H17N. The third kappa shape index (κ3) is 1.47. The highest BCUT2D eigenvalue weighted by Gasteiger charge is 2.05. The zero-order valence-corrected chi connectivity index (χ0v) is 7.89. The molecule has 0 saturated carbocycles. The van der Waals surface area contributed by atoms with Gasteiger partial charge < -0.3 is 4.57 Å². The van der Waals surface area contributed by atoms with Gasteiger partial charge >= 0.3 is 0 Å². The van der Waals surface area contributed by atoms with Crippen LogP contribution in [0.25, 0.3) is 0 Å². The Hall–Kier alpha value is -0.720. The maximum absolute atomic E-state index is 2.39. The molecule has 0 aromatic carbocycles. The molecule has 0 aliphatic heterocycles. The van der Waals surface area contributed by atoms with Crippen LogP contribution in [0.15, 0.2) is 12.1 Å². The summed E-state index contributed by atoms with van der Waals surface area (Å²) in [6.45, 7) is 8.82. The van der Waals surface area contributed by atoms with Crippen LogP contribution in [-0.4, -0.2) is 4.57 Å². The highest BCUT2D eigenvalue weighted by atomic mass is 15.0. The van der Waals surface area contributed by atoms with E-state index in [1.54, 1.807) is 0 Å². The van der Waals surface area contributed by atoms with Crippen molar-refractivity contribution in [3.05, 3.63) is 23.5 Å². The molecular weight excluding hydrogens is 134 g/mol. The van der Waals surface area contributed by atoms with E-state index in [9.17, 15) is 0 Å². The van der Waals surface area contributed by atoms with Crippen LogP contribution in [0.5, 0.6) is 0 Å². The fraction of sp³-hybridized carbons (Fsp3) is 0.600. The maximum Gasteiger partial charge on any atom is 0.0304 e. The SMILES string of the molecule is CC[C@H](C)n1c(C)ccc1C. The van der Waals surface area contributed by atoms with Gasteiger partial charge in [0.15, 0.2) is 0 Å². The molecule has 0 bridgehead atoms. The number of nitrogens with zero attached hydrogens (tertiary/aromatic N) is 1. The van der Waals surface area contributed by atoms with Crippen molar-refractivity contribution < 1.29 is 0 Å². The summed E-state index contributed by atoms with van der Waals surface area (Å²) in [6, 6.07) is 5.01. The summed E-state index contributed by atoms with van der Waals surface area (Å²) in [6.07, 6.45) is 1.20. The molecule has 0 fully saturated rings. The van der Waals surface area contributed by atoms with Crippen LogP contribution in [0.4, 0.5) is 0 Å². The first-order valence-electron chi connectivity index (χ1n) is 4.31. The fourth-order valence-corrected chi connectivity index (χ4v) is 1.56. The molecule has 1 heterocycles. The van der Waals surface area contributed by atoms with E-state index < -0.39 is 0 Å².